The van der Waals surface area contributed by atoms with E-state index < -0.39 is 0 Å². The molecular weight excluding hydrogens is 232 g/mol. The van der Waals surface area contributed by atoms with E-state index >= 15 is 0 Å². The summed E-state index contributed by atoms with van der Waals surface area (Å²) in [6.45, 7) is 7.57. The van der Waals surface area contributed by atoms with Crippen molar-refractivity contribution in [2.45, 2.75) is 26.3 Å². The van der Waals surface area contributed by atoms with Crippen LogP contribution in [0, 0.1) is 0 Å². The van der Waals surface area contributed by atoms with Gasteiger partial charge in [-0.2, -0.15) is 0 Å². The van der Waals surface area contributed by atoms with Crippen LogP contribution in [-0.4, -0.2) is 37.6 Å². The molecule has 96 valence electrons. The maximum atomic E-state index is 5.85. The predicted molar refractivity (Wildman–Crippen MR) is 75.8 cm³/mol. The average Bonchev–Trinajstić information content (AvgIpc) is 2.28. The Morgan fingerprint density at radius 1 is 1.18 bits per heavy atom. The number of halogens is 1. The highest BCUT2D eigenvalue weighted by Crippen LogP contribution is 2.09. The molecule has 0 spiro atoms. The molecule has 0 aromatic heterocycles. The van der Waals surface area contributed by atoms with E-state index in [-0.39, 0.29) is 0 Å². The van der Waals surface area contributed by atoms with E-state index in [4.69, 9.17) is 11.6 Å². The molecule has 0 fully saturated rings. The Bertz CT molecular complexity index is 309. The fraction of sp³-hybridized carbons (Fsp3) is 0.571. The van der Waals surface area contributed by atoms with Crippen LogP contribution in [0.4, 0.5) is 0 Å². The number of likely N-dealkylation sites (N-methyl/N-ethyl adjacent to an activating group) is 1. The molecule has 17 heavy (non-hydrogen) atoms. The second-order valence-electron chi connectivity index (χ2n) is 4.79. The van der Waals surface area contributed by atoms with Crippen molar-refractivity contribution in [1.82, 2.24) is 10.2 Å². The highest BCUT2D eigenvalue weighted by Gasteiger charge is 2.00. The summed E-state index contributed by atoms with van der Waals surface area (Å²) in [5.74, 6) is 0. The summed E-state index contributed by atoms with van der Waals surface area (Å²) in [6, 6.07) is 8.68. The van der Waals surface area contributed by atoms with Gasteiger partial charge in [-0.3, -0.25) is 0 Å². The summed E-state index contributed by atoms with van der Waals surface area (Å²) in [7, 11) is 2.16. The molecule has 0 radical (unpaired) electrons. The smallest absolute Gasteiger partial charge is 0.0406 e. The summed E-state index contributed by atoms with van der Waals surface area (Å²) < 4.78 is 0. The summed E-state index contributed by atoms with van der Waals surface area (Å²) in [6.07, 6.45) is 1.08. The highest BCUT2D eigenvalue weighted by molar-refractivity contribution is 6.30. The van der Waals surface area contributed by atoms with Crippen LogP contribution in [0.1, 0.15) is 19.4 Å². The Morgan fingerprint density at radius 2 is 1.82 bits per heavy atom. The third kappa shape index (κ3) is 6.67. The number of hydrogen-bond acceptors (Lipinski definition) is 2. The maximum Gasteiger partial charge on any atom is 0.0406 e. The van der Waals surface area contributed by atoms with Crippen LogP contribution in [-0.2, 0) is 6.42 Å². The van der Waals surface area contributed by atoms with E-state index in [2.05, 4.69) is 43.2 Å². The highest BCUT2D eigenvalue weighted by atomic mass is 35.5. The van der Waals surface area contributed by atoms with E-state index in [1.807, 2.05) is 12.1 Å². The Morgan fingerprint density at radius 3 is 2.41 bits per heavy atom. The quantitative estimate of drug-likeness (QED) is 0.805. The molecule has 0 saturated carbocycles. The monoisotopic (exact) mass is 254 g/mol. The SMILES string of the molecule is CC(C)NCCN(C)CCc1ccc(Cl)cc1. The first-order valence-electron chi connectivity index (χ1n) is 6.24. The van der Waals surface area contributed by atoms with Crippen LogP contribution < -0.4 is 5.32 Å². The normalized spacial score (nSPS) is 11.4. The minimum atomic E-state index is 0.569. The van der Waals surface area contributed by atoms with E-state index in [9.17, 15) is 0 Å². The molecular formula is C14H23ClN2. The molecule has 0 heterocycles. The third-order valence-electron chi connectivity index (χ3n) is 2.74. The molecule has 0 aliphatic rings. The molecule has 1 rings (SSSR count). The fourth-order valence-corrected chi connectivity index (χ4v) is 1.75. The number of rotatable bonds is 7. The zero-order valence-corrected chi connectivity index (χ0v) is 11.8. The minimum absolute atomic E-state index is 0.569. The average molecular weight is 255 g/mol. The fourth-order valence-electron chi connectivity index (χ4n) is 1.63. The van der Waals surface area contributed by atoms with Crippen molar-refractivity contribution in [3.05, 3.63) is 34.9 Å². The summed E-state index contributed by atoms with van der Waals surface area (Å²) in [5.41, 5.74) is 1.35. The number of nitrogens with zero attached hydrogens (tertiary/aromatic N) is 1. The van der Waals surface area contributed by atoms with Crippen LogP contribution >= 0.6 is 11.6 Å². The van der Waals surface area contributed by atoms with Gasteiger partial charge in [0.25, 0.3) is 0 Å². The van der Waals surface area contributed by atoms with E-state index in [0.29, 0.717) is 6.04 Å². The van der Waals surface area contributed by atoms with Crippen molar-refractivity contribution < 1.29 is 0 Å². The van der Waals surface area contributed by atoms with Crippen molar-refractivity contribution >= 4 is 11.6 Å². The third-order valence-corrected chi connectivity index (χ3v) is 2.99. The van der Waals surface area contributed by atoms with Gasteiger partial charge in [0.05, 0.1) is 0 Å². The van der Waals surface area contributed by atoms with Gasteiger partial charge in [0.15, 0.2) is 0 Å². The van der Waals surface area contributed by atoms with Gasteiger partial charge in [-0.25, -0.2) is 0 Å². The van der Waals surface area contributed by atoms with E-state index in [0.717, 1.165) is 31.1 Å². The molecule has 0 aliphatic heterocycles. The summed E-state index contributed by atoms with van der Waals surface area (Å²) >= 11 is 5.85. The van der Waals surface area contributed by atoms with E-state index in [1.54, 1.807) is 0 Å². The lowest BCUT2D eigenvalue weighted by atomic mass is 10.1. The second kappa shape index (κ2) is 7.70. The van der Waals surface area contributed by atoms with Gasteiger partial charge >= 0.3 is 0 Å². The molecule has 0 saturated heterocycles. The van der Waals surface area contributed by atoms with Crippen LogP contribution in [0.15, 0.2) is 24.3 Å². The lowest BCUT2D eigenvalue weighted by molar-refractivity contribution is 0.331. The molecule has 0 atom stereocenters. The lowest BCUT2D eigenvalue weighted by Gasteiger charge is -2.18. The second-order valence-corrected chi connectivity index (χ2v) is 5.23. The molecule has 1 aromatic rings. The first-order valence-corrected chi connectivity index (χ1v) is 6.62. The zero-order chi connectivity index (χ0) is 12.7. The minimum Gasteiger partial charge on any atom is -0.313 e. The number of hydrogen-bond donors (Lipinski definition) is 1. The van der Waals surface area contributed by atoms with Gasteiger partial charge in [0.2, 0.25) is 0 Å². The molecule has 3 heteroatoms. The molecule has 1 N–H and O–H groups in total. The zero-order valence-electron chi connectivity index (χ0n) is 11.0. The van der Waals surface area contributed by atoms with Crippen LogP contribution in [0.5, 0.6) is 0 Å². The number of nitrogens with one attached hydrogen (secondary N) is 1. The van der Waals surface area contributed by atoms with Gasteiger partial charge in [-0.05, 0) is 31.2 Å². The van der Waals surface area contributed by atoms with Gasteiger partial charge in [0, 0.05) is 30.7 Å². The van der Waals surface area contributed by atoms with Crippen LogP contribution in [0.25, 0.3) is 0 Å². The van der Waals surface area contributed by atoms with Crippen molar-refractivity contribution in [3.8, 4) is 0 Å². The molecule has 2 nitrogen and oxygen atoms in total. The molecule has 0 amide bonds. The topological polar surface area (TPSA) is 15.3 Å². The molecule has 0 aliphatic carbocycles. The first kappa shape index (κ1) is 14.5. The Labute approximate surface area is 110 Å². The van der Waals surface area contributed by atoms with E-state index in [1.165, 1.54) is 5.56 Å². The Hall–Kier alpha value is -0.570. The largest absolute Gasteiger partial charge is 0.313 e. The first-order chi connectivity index (χ1) is 8.08. The predicted octanol–water partition coefficient (Wildman–Crippen LogP) is 2.81. The number of benzene rings is 1. The van der Waals surface area contributed by atoms with Crippen molar-refractivity contribution in [1.29, 1.82) is 0 Å². The molecule has 0 unspecified atom stereocenters. The van der Waals surface area contributed by atoms with Gasteiger partial charge in [0.1, 0.15) is 0 Å². The lowest BCUT2D eigenvalue weighted by Crippen LogP contribution is -2.33. The Balaban J connectivity index is 2.19. The Kier molecular flexibility index (Phi) is 6.56. The molecule has 1 aromatic carbocycles. The summed E-state index contributed by atoms with van der Waals surface area (Å²) in [4.78, 5) is 2.35. The summed E-state index contributed by atoms with van der Waals surface area (Å²) in [5, 5.41) is 4.23. The van der Waals surface area contributed by atoms with Crippen LogP contribution in [0.3, 0.4) is 0 Å². The van der Waals surface area contributed by atoms with Crippen molar-refractivity contribution in [2.75, 3.05) is 26.7 Å². The van der Waals surface area contributed by atoms with Crippen molar-refractivity contribution in [2.24, 2.45) is 0 Å². The van der Waals surface area contributed by atoms with Crippen molar-refractivity contribution in [3.63, 3.8) is 0 Å². The maximum absolute atomic E-state index is 5.85. The molecule has 0 bridgehead atoms. The van der Waals surface area contributed by atoms with Gasteiger partial charge in [-0.1, -0.05) is 37.6 Å². The van der Waals surface area contributed by atoms with Gasteiger partial charge < -0.3 is 10.2 Å². The van der Waals surface area contributed by atoms with Gasteiger partial charge in [-0.15, -0.1) is 0 Å². The van der Waals surface area contributed by atoms with Crippen LogP contribution in [0.2, 0.25) is 5.02 Å². The standard InChI is InChI=1S/C14H23ClN2/c1-12(2)16-9-11-17(3)10-8-13-4-6-14(15)7-5-13/h4-7,12,16H,8-11H2,1-3H3.